The molecule has 0 aromatic heterocycles. The molecule has 8 heteroatoms. The van der Waals surface area contributed by atoms with Crippen LogP contribution in [0, 0.1) is 9.85 Å². The Morgan fingerprint density at radius 3 is 1.46 bits per heavy atom. The molecule has 0 bridgehead atoms. The number of halogens is 8. The topological polar surface area (TPSA) is 0 Å². The van der Waals surface area contributed by atoms with E-state index in [1.165, 1.54) is 3.93 Å². The van der Waals surface area contributed by atoms with Crippen LogP contribution in [0.1, 0.15) is 0 Å². The van der Waals surface area contributed by atoms with Crippen molar-refractivity contribution in [2.75, 3.05) is 0 Å². The summed E-state index contributed by atoms with van der Waals surface area (Å²) in [5.41, 5.74) is 0. The normalized spacial score (nSPS) is 13.5. The molecule has 0 aliphatic carbocycles. The fourth-order valence-electron chi connectivity index (χ4n) is 0.316. The zero-order chi connectivity index (χ0) is 10.9. The Morgan fingerprint density at radius 1 is 0.846 bits per heavy atom. The monoisotopic (exact) mass is 320 g/mol. The lowest BCUT2D eigenvalue weighted by molar-refractivity contribution is -0.339. The van der Waals surface area contributed by atoms with Gasteiger partial charge in [-0.2, -0.15) is 30.7 Å². The lowest BCUT2D eigenvalue weighted by Gasteiger charge is -2.23. The van der Waals surface area contributed by atoms with Crippen LogP contribution >= 0.6 is 22.6 Å². The quantitative estimate of drug-likeness (QED) is 0.395. The highest BCUT2D eigenvalue weighted by Gasteiger charge is 2.72. The van der Waals surface area contributed by atoms with E-state index < -0.39 is 18.0 Å². The van der Waals surface area contributed by atoms with Crippen LogP contribution in [0.3, 0.4) is 0 Å². The van der Waals surface area contributed by atoms with Gasteiger partial charge in [0.25, 0.3) is 0 Å². The molecular formula is C5F7I. The van der Waals surface area contributed by atoms with E-state index in [1.807, 2.05) is 0 Å². The van der Waals surface area contributed by atoms with Crippen molar-refractivity contribution < 1.29 is 30.7 Å². The molecule has 0 saturated heterocycles. The van der Waals surface area contributed by atoms with Gasteiger partial charge in [-0.1, -0.05) is 0 Å². The molecule has 0 aromatic rings. The average molecular weight is 320 g/mol. The van der Waals surface area contributed by atoms with Crippen LogP contribution in [0.5, 0.6) is 0 Å². The third-order valence-electron chi connectivity index (χ3n) is 0.955. The number of alkyl halides is 7. The molecule has 0 fully saturated rings. The van der Waals surface area contributed by atoms with Crippen molar-refractivity contribution in [3.8, 4) is 9.85 Å². The van der Waals surface area contributed by atoms with Gasteiger partial charge in [0, 0.05) is 22.6 Å². The van der Waals surface area contributed by atoms with E-state index >= 15 is 0 Å². The fraction of sp³-hybridized carbons (Fsp3) is 0.600. The molecule has 76 valence electrons. The molecular weight excluding hydrogens is 320 g/mol. The number of rotatable bonds is 1. The zero-order valence-electron chi connectivity index (χ0n) is 5.52. The van der Waals surface area contributed by atoms with E-state index in [2.05, 4.69) is 0 Å². The standard InChI is InChI=1S/C5F7I/c6-3(7,1-2-13)4(8,9)5(10,11)12. The molecule has 0 N–H and O–H groups in total. The first-order valence-corrected chi connectivity index (χ1v) is 3.59. The second-order valence-electron chi connectivity index (χ2n) is 1.87. The fourth-order valence-corrected chi connectivity index (χ4v) is 0.655. The molecule has 0 amide bonds. The Labute approximate surface area is 81.6 Å². The highest BCUT2D eigenvalue weighted by atomic mass is 127. The molecule has 0 nitrogen and oxygen atoms in total. The van der Waals surface area contributed by atoms with Gasteiger partial charge in [0.05, 0.1) is 0 Å². The van der Waals surface area contributed by atoms with Gasteiger partial charge in [0.1, 0.15) is 0 Å². The lowest BCUT2D eigenvalue weighted by atomic mass is 10.2. The highest BCUT2D eigenvalue weighted by Crippen LogP contribution is 2.46. The van der Waals surface area contributed by atoms with Crippen LogP contribution in [0.4, 0.5) is 30.7 Å². The number of hydrogen-bond acceptors (Lipinski definition) is 0. The predicted octanol–water partition coefficient (Wildman–Crippen LogP) is 3.22. The van der Waals surface area contributed by atoms with Crippen LogP contribution in [-0.4, -0.2) is 18.0 Å². The summed E-state index contributed by atoms with van der Waals surface area (Å²) in [6.07, 6.45) is -6.31. The SMILES string of the molecule is FC(F)(F)C(F)(F)C(F)(F)C#CI. The molecule has 0 radical (unpaired) electrons. The predicted molar refractivity (Wildman–Crippen MR) is 37.7 cm³/mol. The summed E-state index contributed by atoms with van der Waals surface area (Å²) in [7, 11) is 0. The Hall–Kier alpha value is -0.200. The Balaban J connectivity index is 5.11. The van der Waals surface area contributed by atoms with Gasteiger partial charge in [-0.15, -0.1) is 0 Å². The maximum Gasteiger partial charge on any atom is 0.461 e. The minimum absolute atomic E-state index is 0.502. The van der Waals surface area contributed by atoms with E-state index in [1.54, 1.807) is 0 Å². The average Bonchev–Trinajstić information content (AvgIpc) is 1.84. The third kappa shape index (κ3) is 2.38. The van der Waals surface area contributed by atoms with Gasteiger partial charge in [-0.3, -0.25) is 0 Å². The van der Waals surface area contributed by atoms with Crippen molar-refractivity contribution >= 4 is 22.6 Å². The molecule has 0 aliphatic heterocycles. The summed E-state index contributed by atoms with van der Waals surface area (Å²) in [6, 6.07) is 0. The molecule has 0 heterocycles. The smallest absolute Gasteiger partial charge is 0.188 e. The zero-order valence-corrected chi connectivity index (χ0v) is 7.68. The van der Waals surface area contributed by atoms with Gasteiger partial charge >= 0.3 is 18.0 Å². The first kappa shape index (κ1) is 12.8. The highest BCUT2D eigenvalue weighted by molar-refractivity contribution is 14.1. The molecule has 0 saturated carbocycles. The van der Waals surface area contributed by atoms with E-state index in [0.717, 1.165) is 22.6 Å². The van der Waals surface area contributed by atoms with Crippen LogP contribution < -0.4 is 0 Å². The van der Waals surface area contributed by atoms with E-state index in [-0.39, 0.29) is 0 Å². The van der Waals surface area contributed by atoms with Gasteiger partial charge in [-0.25, -0.2) is 0 Å². The Morgan fingerprint density at radius 2 is 1.23 bits per heavy atom. The molecule has 0 aromatic carbocycles. The van der Waals surface area contributed by atoms with Crippen molar-refractivity contribution in [2.45, 2.75) is 18.0 Å². The lowest BCUT2D eigenvalue weighted by Crippen LogP contribution is -2.51. The van der Waals surface area contributed by atoms with E-state index in [4.69, 9.17) is 0 Å². The summed E-state index contributed by atoms with van der Waals surface area (Å²) in [5.74, 6) is -11.0. The summed E-state index contributed by atoms with van der Waals surface area (Å²) in [4.78, 5) is 0. The van der Waals surface area contributed by atoms with Crippen LogP contribution in [0.25, 0.3) is 0 Å². The first-order valence-electron chi connectivity index (χ1n) is 2.51. The minimum Gasteiger partial charge on any atom is -0.188 e. The maximum atomic E-state index is 12.0. The van der Waals surface area contributed by atoms with Crippen molar-refractivity contribution in [3.05, 3.63) is 0 Å². The van der Waals surface area contributed by atoms with Crippen LogP contribution in [-0.2, 0) is 0 Å². The van der Waals surface area contributed by atoms with Crippen molar-refractivity contribution in [2.24, 2.45) is 0 Å². The van der Waals surface area contributed by atoms with Crippen molar-refractivity contribution in [1.29, 1.82) is 0 Å². The minimum atomic E-state index is -6.31. The first-order chi connectivity index (χ1) is 5.56. The molecule has 0 rings (SSSR count). The molecule has 0 spiro atoms. The second-order valence-corrected chi connectivity index (χ2v) is 2.41. The van der Waals surface area contributed by atoms with Crippen molar-refractivity contribution in [3.63, 3.8) is 0 Å². The maximum absolute atomic E-state index is 12.0. The second kappa shape index (κ2) is 3.51. The molecule has 0 unspecified atom stereocenters. The van der Waals surface area contributed by atoms with Gasteiger partial charge in [0.2, 0.25) is 0 Å². The number of hydrogen-bond donors (Lipinski definition) is 0. The third-order valence-corrected chi connectivity index (χ3v) is 1.22. The summed E-state index contributed by atoms with van der Waals surface area (Å²) in [6.45, 7) is 0. The van der Waals surface area contributed by atoms with Gasteiger partial charge in [0.15, 0.2) is 0 Å². The summed E-state index contributed by atoms with van der Waals surface area (Å²) in [5, 5.41) is 0. The van der Waals surface area contributed by atoms with Gasteiger partial charge < -0.3 is 0 Å². The largest absolute Gasteiger partial charge is 0.461 e. The Kier molecular flexibility index (Phi) is 3.46. The van der Waals surface area contributed by atoms with E-state index in [9.17, 15) is 30.7 Å². The van der Waals surface area contributed by atoms with Crippen LogP contribution in [0.15, 0.2) is 0 Å². The molecule has 0 aliphatic rings. The van der Waals surface area contributed by atoms with Crippen LogP contribution in [0.2, 0.25) is 0 Å². The van der Waals surface area contributed by atoms with E-state index in [0.29, 0.717) is 5.92 Å². The molecule has 0 atom stereocenters. The summed E-state index contributed by atoms with van der Waals surface area (Å²) >= 11 is 0.939. The molecule has 13 heavy (non-hydrogen) atoms. The van der Waals surface area contributed by atoms with Gasteiger partial charge in [-0.05, 0) is 9.85 Å². The summed E-state index contributed by atoms with van der Waals surface area (Å²) < 4.78 is 83.3. The Bertz CT molecular complexity index is 242. The van der Waals surface area contributed by atoms with Crippen molar-refractivity contribution in [1.82, 2.24) is 0 Å².